The molecule has 5 heteroatoms. The van der Waals surface area contributed by atoms with E-state index in [0.717, 1.165) is 24.1 Å². The summed E-state index contributed by atoms with van der Waals surface area (Å²) in [5.41, 5.74) is 2.48. The van der Waals surface area contributed by atoms with Crippen molar-refractivity contribution in [2.75, 3.05) is 11.9 Å². The van der Waals surface area contributed by atoms with Gasteiger partial charge in [-0.1, -0.05) is 25.3 Å². The SMILES string of the molecule is CCOC(=O)c1ccc(C)c(NC(=S)NC2(C)CCCCC2)c1. The molecule has 0 heterocycles. The standard InChI is InChI=1S/C18H26N2O2S/c1-4-22-16(21)14-9-8-13(2)15(12-14)19-17(23)20-18(3)10-6-5-7-11-18/h8-9,12H,4-7,10-11H2,1-3H3,(H2,19,20,23). The normalized spacial score (nSPS) is 16.5. The van der Waals surface area contributed by atoms with Gasteiger partial charge < -0.3 is 15.4 Å². The topological polar surface area (TPSA) is 50.4 Å². The first-order chi connectivity index (χ1) is 10.9. The van der Waals surface area contributed by atoms with Gasteiger partial charge in [-0.05, 0) is 63.5 Å². The quantitative estimate of drug-likeness (QED) is 0.639. The number of hydrogen-bond donors (Lipinski definition) is 2. The molecule has 0 unspecified atom stereocenters. The van der Waals surface area contributed by atoms with E-state index >= 15 is 0 Å². The van der Waals surface area contributed by atoms with E-state index in [0.29, 0.717) is 17.3 Å². The average Bonchev–Trinajstić information content (AvgIpc) is 2.49. The van der Waals surface area contributed by atoms with Crippen LogP contribution in [0.3, 0.4) is 0 Å². The van der Waals surface area contributed by atoms with Gasteiger partial charge in [-0.25, -0.2) is 4.79 Å². The summed E-state index contributed by atoms with van der Waals surface area (Å²) in [7, 11) is 0. The highest BCUT2D eigenvalue weighted by molar-refractivity contribution is 7.80. The molecule has 1 aliphatic rings. The number of carbonyl (C=O) groups is 1. The van der Waals surface area contributed by atoms with Crippen LogP contribution in [0.5, 0.6) is 0 Å². The number of ether oxygens (including phenoxy) is 1. The summed E-state index contributed by atoms with van der Waals surface area (Å²) in [5, 5.41) is 7.29. The van der Waals surface area contributed by atoms with Gasteiger partial charge >= 0.3 is 5.97 Å². The van der Waals surface area contributed by atoms with Crippen LogP contribution in [0, 0.1) is 6.92 Å². The van der Waals surface area contributed by atoms with E-state index in [2.05, 4.69) is 17.6 Å². The molecule has 1 saturated carbocycles. The Morgan fingerprint density at radius 2 is 2.00 bits per heavy atom. The number of esters is 1. The van der Waals surface area contributed by atoms with Crippen molar-refractivity contribution < 1.29 is 9.53 Å². The number of carbonyl (C=O) groups excluding carboxylic acids is 1. The molecule has 0 bridgehead atoms. The summed E-state index contributed by atoms with van der Waals surface area (Å²) in [4.78, 5) is 11.9. The zero-order valence-electron chi connectivity index (χ0n) is 14.2. The fourth-order valence-electron chi connectivity index (χ4n) is 2.98. The van der Waals surface area contributed by atoms with Crippen LogP contribution < -0.4 is 10.6 Å². The zero-order chi connectivity index (χ0) is 16.9. The van der Waals surface area contributed by atoms with Crippen molar-refractivity contribution in [1.29, 1.82) is 0 Å². The Bertz CT molecular complexity index is 580. The highest BCUT2D eigenvalue weighted by Crippen LogP contribution is 2.27. The van der Waals surface area contributed by atoms with Crippen LogP contribution in [0.25, 0.3) is 0 Å². The van der Waals surface area contributed by atoms with E-state index in [1.807, 2.05) is 13.0 Å². The number of benzene rings is 1. The van der Waals surface area contributed by atoms with Crippen molar-refractivity contribution in [3.05, 3.63) is 29.3 Å². The van der Waals surface area contributed by atoms with Crippen molar-refractivity contribution >= 4 is 29.0 Å². The Morgan fingerprint density at radius 3 is 2.65 bits per heavy atom. The molecule has 0 radical (unpaired) electrons. The Labute approximate surface area is 144 Å². The van der Waals surface area contributed by atoms with Crippen LogP contribution in [-0.4, -0.2) is 23.2 Å². The van der Waals surface area contributed by atoms with Gasteiger partial charge in [0.2, 0.25) is 0 Å². The van der Waals surface area contributed by atoms with Crippen LogP contribution in [0.15, 0.2) is 18.2 Å². The minimum atomic E-state index is -0.311. The highest BCUT2D eigenvalue weighted by atomic mass is 32.1. The molecule has 1 aromatic rings. The number of anilines is 1. The second kappa shape index (κ2) is 7.77. The summed E-state index contributed by atoms with van der Waals surface area (Å²) < 4.78 is 5.05. The Hall–Kier alpha value is -1.62. The van der Waals surface area contributed by atoms with Crippen molar-refractivity contribution in [2.24, 2.45) is 0 Å². The first-order valence-electron chi connectivity index (χ1n) is 8.30. The monoisotopic (exact) mass is 334 g/mol. The van der Waals surface area contributed by atoms with Gasteiger partial charge in [-0.15, -0.1) is 0 Å². The molecule has 2 rings (SSSR count). The molecular formula is C18H26N2O2S. The Balaban J connectivity index is 2.05. The second-order valence-electron chi connectivity index (χ2n) is 6.45. The lowest BCUT2D eigenvalue weighted by Crippen LogP contribution is -2.48. The van der Waals surface area contributed by atoms with Crippen LogP contribution in [0.4, 0.5) is 5.69 Å². The molecule has 1 fully saturated rings. The first-order valence-corrected chi connectivity index (χ1v) is 8.71. The number of rotatable bonds is 4. The average molecular weight is 334 g/mol. The molecule has 2 N–H and O–H groups in total. The van der Waals surface area contributed by atoms with Gasteiger partial charge in [0.05, 0.1) is 12.2 Å². The van der Waals surface area contributed by atoms with Gasteiger partial charge in [0, 0.05) is 11.2 Å². The zero-order valence-corrected chi connectivity index (χ0v) is 15.0. The van der Waals surface area contributed by atoms with E-state index in [1.54, 1.807) is 19.1 Å². The Morgan fingerprint density at radius 1 is 1.30 bits per heavy atom. The van der Waals surface area contributed by atoms with Crippen molar-refractivity contribution in [1.82, 2.24) is 5.32 Å². The third-order valence-electron chi connectivity index (χ3n) is 4.37. The Kier molecular flexibility index (Phi) is 5.99. The number of nitrogens with one attached hydrogen (secondary N) is 2. The van der Waals surface area contributed by atoms with Crippen molar-refractivity contribution in [3.8, 4) is 0 Å². The molecule has 23 heavy (non-hydrogen) atoms. The molecule has 0 spiro atoms. The van der Waals surface area contributed by atoms with E-state index in [-0.39, 0.29) is 11.5 Å². The minimum absolute atomic E-state index is 0.0645. The maximum absolute atomic E-state index is 11.9. The van der Waals surface area contributed by atoms with E-state index in [4.69, 9.17) is 17.0 Å². The summed E-state index contributed by atoms with van der Waals surface area (Å²) >= 11 is 5.47. The predicted molar refractivity (Wildman–Crippen MR) is 98.0 cm³/mol. The molecule has 0 aliphatic heterocycles. The number of hydrogen-bond acceptors (Lipinski definition) is 3. The van der Waals surface area contributed by atoms with Gasteiger partial charge in [-0.3, -0.25) is 0 Å². The molecular weight excluding hydrogens is 308 g/mol. The highest BCUT2D eigenvalue weighted by Gasteiger charge is 2.27. The van der Waals surface area contributed by atoms with Crippen molar-refractivity contribution in [3.63, 3.8) is 0 Å². The fourth-order valence-corrected chi connectivity index (χ4v) is 3.34. The maximum Gasteiger partial charge on any atom is 0.338 e. The van der Waals surface area contributed by atoms with Crippen LogP contribution in [0.2, 0.25) is 0 Å². The minimum Gasteiger partial charge on any atom is -0.462 e. The summed E-state index contributed by atoms with van der Waals surface area (Å²) in [6.45, 7) is 6.38. The molecule has 0 atom stereocenters. The number of aryl methyl sites for hydroxylation is 1. The van der Waals surface area contributed by atoms with Gasteiger partial charge in [0.15, 0.2) is 5.11 Å². The number of thiocarbonyl (C=S) groups is 1. The summed E-state index contributed by atoms with van der Waals surface area (Å²) in [5.74, 6) is -0.311. The maximum atomic E-state index is 11.9. The molecule has 1 aliphatic carbocycles. The van der Waals surface area contributed by atoms with Crippen LogP contribution in [0.1, 0.15) is 61.9 Å². The summed E-state index contributed by atoms with van der Waals surface area (Å²) in [6, 6.07) is 5.47. The lowest BCUT2D eigenvalue weighted by Gasteiger charge is -2.35. The van der Waals surface area contributed by atoms with Gasteiger partial charge in [0.1, 0.15) is 0 Å². The smallest absolute Gasteiger partial charge is 0.338 e. The largest absolute Gasteiger partial charge is 0.462 e. The first kappa shape index (κ1) is 17.7. The van der Waals surface area contributed by atoms with Crippen LogP contribution >= 0.6 is 12.2 Å². The predicted octanol–water partition coefficient (Wildman–Crippen LogP) is 4.18. The van der Waals surface area contributed by atoms with Gasteiger partial charge in [-0.2, -0.15) is 0 Å². The van der Waals surface area contributed by atoms with Crippen LogP contribution in [-0.2, 0) is 4.74 Å². The second-order valence-corrected chi connectivity index (χ2v) is 6.86. The molecule has 126 valence electrons. The van der Waals surface area contributed by atoms with E-state index in [9.17, 15) is 4.79 Å². The van der Waals surface area contributed by atoms with E-state index in [1.165, 1.54) is 19.3 Å². The third kappa shape index (κ3) is 4.93. The summed E-state index contributed by atoms with van der Waals surface area (Å²) in [6.07, 6.45) is 6.05. The fraction of sp³-hybridized carbons (Fsp3) is 0.556. The third-order valence-corrected chi connectivity index (χ3v) is 4.57. The van der Waals surface area contributed by atoms with E-state index < -0.39 is 0 Å². The molecule has 1 aromatic carbocycles. The molecule has 0 amide bonds. The van der Waals surface area contributed by atoms with Crippen molar-refractivity contribution in [2.45, 2.75) is 58.4 Å². The molecule has 4 nitrogen and oxygen atoms in total. The van der Waals surface area contributed by atoms with Gasteiger partial charge in [0.25, 0.3) is 0 Å². The molecule has 0 saturated heterocycles. The lowest BCUT2D eigenvalue weighted by molar-refractivity contribution is 0.0526. The molecule has 0 aromatic heterocycles. The lowest BCUT2D eigenvalue weighted by atomic mass is 9.83.